The minimum Gasteiger partial charge on any atom is -0.477 e. The number of pyridine rings is 1. The van der Waals surface area contributed by atoms with Crippen molar-refractivity contribution >= 4 is 17.7 Å². The molecular formula is C10H10N2O4. The second-order valence-electron chi connectivity index (χ2n) is 3.38. The summed E-state index contributed by atoms with van der Waals surface area (Å²) in [5, 5.41) is 8.80. The van der Waals surface area contributed by atoms with E-state index in [1.165, 1.54) is 24.3 Å². The lowest BCUT2D eigenvalue weighted by molar-refractivity contribution is 0.0690. The first-order valence-electron chi connectivity index (χ1n) is 4.71. The predicted molar refractivity (Wildman–Crippen MR) is 54.7 cm³/mol. The lowest BCUT2D eigenvalue weighted by Gasteiger charge is -2.15. The number of methoxy groups -OCH3 is 1. The fourth-order valence-electron chi connectivity index (χ4n) is 1.69. The largest absolute Gasteiger partial charge is 0.477 e. The van der Waals surface area contributed by atoms with E-state index in [-0.39, 0.29) is 5.69 Å². The first-order valence-corrected chi connectivity index (χ1v) is 4.71. The SMILES string of the molecule is COC(=O)N1CCc2cnc(C(=O)O)cc21. The molecule has 0 spiro atoms. The number of ether oxygens (including phenoxy) is 1. The summed E-state index contributed by atoms with van der Waals surface area (Å²) in [6, 6.07) is 1.39. The van der Waals surface area contributed by atoms with Gasteiger partial charge in [-0.2, -0.15) is 0 Å². The van der Waals surface area contributed by atoms with E-state index in [0.717, 1.165) is 5.56 Å². The molecular weight excluding hydrogens is 212 g/mol. The summed E-state index contributed by atoms with van der Waals surface area (Å²) in [6.45, 7) is 0.493. The number of aromatic carboxylic acids is 1. The first-order chi connectivity index (χ1) is 7.63. The van der Waals surface area contributed by atoms with Crippen molar-refractivity contribution in [3.05, 3.63) is 23.5 Å². The second-order valence-corrected chi connectivity index (χ2v) is 3.38. The van der Waals surface area contributed by atoms with Crippen molar-refractivity contribution < 1.29 is 19.4 Å². The highest BCUT2D eigenvalue weighted by Crippen LogP contribution is 2.28. The number of nitrogens with zero attached hydrogens (tertiary/aromatic N) is 2. The molecule has 0 aromatic carbocycles. The van der Waals surface area contributed by atoms with Crippen molar-refractivity contribution in [3.8, 4) is 0 Å². The molecule has 0 saturated carbocycles. The second kappa shape index (κ2) is 3.80. The maximum Gasteiger partial charge on any atom is 0.414 e. The van der Waals surface area contributed by atoms with Crippen LogP contribution in [0.25, 0.3) is 0 Å². The van der Waals surface area contributed by atoms with E-state index in [1.807, 2.05) is 0 Å². The number of carbonyl (C=O) groups excluding carboxylic acids is 1. The Hall–Kier alpha value is -2.11. The van der Waals surface area contributed by atoms with Crippen LogP contribution >= 0.6 is 0 Å². The zero-order chi connectivity index (χ0) is 11.7. The van der Waals surface area contributed by atoms with Gasteiger partial charge >= 0.3 is 12.1 Å². The van der Waals surface area contributed by atoms with E-state index in [9.17, 15) is 9.59 Å². The number of fused-ring (bicyclic) bond motifs is 1. The Morgan fingerprint density at radius 2 is 2.31 bits per heavy atom. The summed E-state index contributed by atoms with van der Waals surface area (Å²) < 4.78 is 4.61. The third kappa shape index (κ3) is 1.58. The first kappa shape index (κ1) is 10.4. The monoisotopic (exact) mass is 222 g/mol. The van der Waals surface area contributed by atoms with Crippen molar-refractivity contribution in [2.24, 2.45) is 0 Å². The summed E-state index contributed by atoms with van der Waals surface area (Å²) in [4.78, 5) is 27.3. The Kier molecular flexibility index (Phi) is 2.47. The van der Waals surface area contributed by atoms with Crippen molar-refractivity contribution in [2.45, 2.75) is 6.42 Å². The molecule has 1 aromatic rings. The number of hydrogen-bond donors (Lipinski definition) is 1. The number of carboxylic acids is 1. The van der Waals surface area contributed by atoms with Gasteiger partial charge in [-0.15, -0.1) is 0 Å². The lowest BCUT2D eigenvalue weighted by atomic mass is 10.2. The van der Waals surface area contributed by atoms with Crippen LogP contribution < -0.4 is 4.90 Å². The lowest BCUT2D eigenvalue weighted by Crippen LogP contribution is -2.28. The number of anilines is 1. The third-order valence-electron chi connectivity index (χ3n) is 2.47. The van der Waals surface area contributed by atoms with Crippen LogP contribution in [0.2, 0.25) is 0 Å². The molecule has 1 N–H and O–H groups in total. The number of carbonyl (C=O) groups is 2. The van der Waals surface area contributed by atoms with E-state index in [4.69, 9.17) is 5.11 Å². The Labute approximate surface area is 91.5 Å². The predicted octanol–water partition coefficient (Wildman–Crippen LogP) is 0.909. The highest BCUT2D eigenvalue weighted by molar-refractivity contribution is 5.93. The van der Waals surface area contributed by atoms with Gasteiger partial charge in [-0.3, -0.25) is 4.90 Å². The van der Waals surface area contributed by atoms with E-state index in [1.54, 1.807) is 0 Å². The summed E-state index contributed by atoms with van der Waals surface area (Å²) in [5.41, 5.74) is 1.35. The summed E-state index contributed by atoms with van der Waals surface area (Å²) in [5.74, 6) is -1.11. The maximum atomic E-state index is 11.4. The fourth-order valence-corrected chi connectivity index (χ4v) is 1.69. The molecule has 1 aromatic heterocycles. The number of rotatable bonds is 1. The van der Waals surface area contributed by atoms with Crippen LogP contribution in [-0.4, -0.2) is 35.8 Å². The van der Waals surface area contributed by atoms with Gasteiger partial charge in [0.1, 0.15) is 5.69 Å². The molecule has 0 fully saturated rings. The van der Waals surface area contributed by atoms with Gasteiger partial charge in [-0.05, 0) is 18.1 Å². The van der Waals surface area contributed by atoms with Crippen LogP contribution in [0.4, 0.5) is 10.5 Å². The molecule has 2 rings (SSSR count). The molecule has 6 nitrogen and oxygen atoms in total. The topological polar surface area (TPSA) is 79.7 Å². The van der Waals surface area contributed by atoms with Gasteiger partial charge in [-0.1, -0.05) is 0 Å². The highest BCUT2D eigenvalue weighted by atomic mass is 16.5. The summed E-state index contributed by atoms with van der Waals surface area (Å²) in [6.07, 6.45) is 1.67. The number of carboxylic acid groups (broad SMARTS) is 1. The van der Waals surface area contributed by atoms with Crippen molar-refractivity contribution in [1.29, 1.82) is 0 Å². The molecule has 0 unspecified atom stereocenters. The van der Waals surface area contributed by atoms with Crippen LogP contribution in [0.1, 0.15) is 16.1 Å². The zero-order valence-corrected chi connectivity index (χ0v) is 8.64. The molecule has 16 heavy (non-hydrogen) atoms. The summed E-state index contributed by atoms with van der Waals surface area (Å²) in [7, 11) is 1.29. The number of hydrogen-bond acceptors (Lipinski definition) is 4. The molecule has 1 amide bonds. The zero-order valence-electron chi connectivity index (χ0n) is 8.64. The third-order valence-corrected chi connectivity index (χ3v) is 2.47. The van der Waals surface area contributed by atoms with Gasteiger partial charge in [0.25, 0.3) is 0 Å². The molecule has 84 valence electrons. The van der Waals surface area contributed by atoms with Crippen LogP contribution in [0.5, 0.6) is 0 Å². The van der Waals surface area contributed by atoms with Gasteiger partial charge in [0.2, 0.25) is 0 Å². The molecule has 0 radical (unpaired) electrons. The minimum absolute atomic E-state index is 0.0745. The molecule has 6 heteroatoms. The average molecular weight is 222 g/mol. The Morgan fingerprint density at radius 1 is 1.56 bits per heavy atom. The molecule has 0 aliphatic carbocycles. The number of amides is 1. The van der Waals surface area contributed by atoms with Crippen molar-refractivity contribution in [2.75, 3.05) is 18.6 Å². The molecule has 1 aliphatic rings. The minimum atomic E-state index is -1.11. The Morgan fingerprint density at radius 3 is 2.94 bits per heavy atom. The van der Waals surface area contributed by atoms with Gasteiger partial charge in [0.05, 0.1) is 12.8 Å². The van der Waals surface area contributed by atoms with Crippen LogP contribution in [-0.2, 0) is 11.2 Å². The molecule has 2 heterocycles. The Bertz CT molecular complexity index is 458. The summed E-state index contributed by atoms with van der Waals surface area (Å²) >= 11 is 0. The fraction of sp³-hybridized carbons (Fsp3) is 0.300. The van der Waals surface area contributed by atoms with Gasteiger partial charge in [0.15, 0.2) is 0 Å². The van der Waals surface area contributed by atoms with E-state index in [2.05, 4.69) is 9.72 Å². The van der Waals surface area contributed by atoms with Crippen molar-refractivity contribution in [3.63, 3.8) is 0 Å². The smallest absolute Gasteiger partial charge is 0.414 e. The normalized spacial score (nSPS) is 13.4. The number of aromatic nitrogens is 1. The molecule has 0 saturated heterocycles. The molecule has 1 aliphatic heterocycles. The van der Waals surface area contributed by atoms with E-state index in [0.29, 0.717) is 18.7 Å². The molecule has 0 atom stereocenters. The standard InChI is InChI=1S/C10H10N2O4/c1-16-10(15)12-3-2-6-5-11-7(9(13)14)4-8(6)12/h4-5H,2-3H2,1H3,(H,13,14). The van der Waals surface area contributed by atoms with Crippen LogP contribution in [0.15, 0.2) is 12.3 Å². The Balaban J connectivity index is 2.40. The van der Waals surface area contributed by atoms with Gasteiger partial charge < -0.3 is 9.84 Å². The molecule has 0 bridgehead atoms. The quantitative estimate of drug-likeness (QED) is 0.763. The highest BCUT2D eigenvalue weighted by Gasteiger charge is 2.26. The van der Waals surface area contributed by atoms with Gasteiger partial charge in [0, 0.05) is 12.7 Å². The van der Waals surface area contributed by atoms with Crippen LogP contribution in [0, 0.1) is 0 Å². The van der Waals surface area contributed by atoms with Crippen LogP contribution in [0.3, 0.4) is 0 Å². The average Bonchev–Trinajstić information content (AvgIpc) is 2.70. The van der Waals surface area contributed by atoms with E-state index < -0.39 is 12.1 Å². The van der Waals surface area contributed by atoms with E-state index >= 15 is 0 Å². The van der Waals surface area contributed by atoms with Crippen molar-refractivity contribution in [1.82, 2.24) is 4.98 Å². The van der Waals surface area contributed by atoms with Gasteiger partial charge in [-0.25, -0.2) is 14.6 Å². The maximum absolute atomic E-state index is 11.4.